The molecule has 0 aromatic carbocycles. The highest BCUT2D eigenvalue weighted by Gasteiger charge is 2.21. The van der Waals surface area contributed by atoms with Gasteiger partial charge in [-0.3, -0.25) is 0 Å². The van der Waals surface area contributed by atoms with Crippen molar-refractivity contribution in [2.75, 3.05) is 6.54 Å². The third-order valence-electron chi connectivity index (χ3n) is 4.02. The van der Waals surface area contributed by atoms with Gasteiger partial charge in [0.1, 0.15) is 0 Å². The second kappa shape index (κ2) is 5.21. The summed E-state index contributed by atoms with van der Waals surface area (Å²) in [5, 5.41) is 8.23. The van der Waals surface area contributed by atoms with E-state index in [1.807, 2.05) is 10.7 Å². The van der Waals surface area contributed by atoms with Gasteiger partial charge in [-0.25, -0.2) is 9.50 Å². The van der Waals surface area contributed by atoms with E-state index in [4.69, 9.17) is 5.10 Å². The lowest BCUT2D eigenvalue weighted by Crippen LogP contribution is -2.26. The van der Waals surface area contributed by atoms with Crippen LogP contribution in [0.2, 0.25) is 0 Å². The van der Waals surface area contributed by atoms with E-state index in [1.54, 1.807) is 0 Å². The van der Waals surface area contributed by atoms with Crippen LogP contribution in [0.5, 0.6) is 0 Å². The average Bonchev–Trinajstić information content (AvgIpc) is 2.78. The van der Waals surface area contributed by atoms with Crippen molar-refractivity contribution in [3.63, 3.8) is 0 Å². The van der Waals surface area contributed by atoms with Crippen molar-refractivity contribution in [2.45, 2.75) is 45.6 Å². The highest BCUT2D eigenvalue weighted by Crippen LogP contribution is 2.32. The number of rotatable bonds is 3. The maximum Gasteiger partial charge on any atom is 0.169 e. The molecule has 0 bridgehead atoms. The summed E-state index contributed by atoms with van der Waals surface area (Å²) < 4.78 is 3.12. The van der Waals surface area contributed by atoms with E-state index in [9.17, 15) is 0 Å². The van der Waals surface area contributed by atoms with E-state index in [-0.39, 0.29) is 0 Å². The van der Waals surface area contributed by atoms with E-state index < -0.39 is 0 Å². The molecule has 102 valence electrons. The molecule has 0 spiro atoms. The molecule has 0 saturated carbocycles. The fourth-order valence-corrected chi connectivity index (χ4v) is 3.51. The van der Waals surface area contributed by atoms with Gasteiger partial charge in [0.2, 0.25) is 0 Å². The van der Waals surface area contributed by atoms with Crippen LogP contribution in [0.4, 0.5) is 0 Å². The van der Waals surface area contributed by atoms with Gasteiger partial charge in [-0.15, -0.1) is 0 Å². The number of aromatic nitrogens is 3. The van der Waals surface area contributed by atoms with Crippen LogP contribution in [0, 0.1) is 0 Å². The fraction of sp³-hybridized carbons (Fsp3) is 0.571. The molecule has 2 aromatic rings. The fourth-order valence-electron chi connectivity index (χ4n) is 2.84. The second-order valence-electron chi connectivity index (χ2n) is 5.10. The van der Waals surface area contributed by atoms with Crippen LogP contribution < -0.4 is 5.32 Å². The van der Waals surface area contributed by atoms with Gasteiger partial charge in [0.15, 0.2) is 5.65 Å². The lowest BCUT2D eigenvalue weighted by atomic mass is 10.00. The minimum atomic E-state index is 0.508. The number of nitrogens with one attached hydrogen (secondary N) is 1. The Bertz CT molecular complexity index is 601. The maximum atomic E-state index is 4.85. The average molecular weight is 323 g/mol. The smallest absolute Gasteiger partial charge is 0.169 e. The molecule has 0 aliphatic carbocycles. The van der Waals surface area contributed by atoms with Gasteiger partial charge in [-0.05, 0) is 28.8 Å². The molecule has 0 unspecified atom stereocenters. The lowest BCUT2D eigenvalue weighted by Gasteiger charge is -2.17. The lowest BCUT2D eigenvalue weighted by molar-refractivity contribution is 0.591. The molecule has 0 amide bonds. The molecule has 0 saturated heterocycles. The van der Waals surface area contributed by atoms with Crippen molar-refractivity contribution in [3.8, 4) is 0 Å². The summed E-state index contributed by atoms with van der Waals surface area (Å²) in [6.07, 6.45) is 5.23. The van der Waals surface area contributed by atoms with Crippen LogP contribution in [0.25, 0.3) is 5.65 Å². The molecule has 0 atom stereocenters. The first-order valence-electron chi connectivity index (χ1n) is 7.01. The number of hydrogen-bond acceptors (Lipinski definition) is 3. The maximum absolute atomic E-state index is 4.85. The Labute approximate surface area is 121 Å². The number of hydrogen-bond donors (Lipinski definition) is 1. The highest BCUT2D eigenvalue weighted by atomic mass is 79.9. The predicted octanol–water partition coefficient (Wildman–Crippen LogP) is 3.04. The van der Waals surface area contributed by atoms with Crippen molar-refractivity contribution in [1.82, 2.24) is 19.9 Å². The van der Waals surface area contributed by atoms with Gasteiger partial charge >= 0.3 is 0 Å². The van der Waals surface area contributed by atoms with Crippen LogP contribution >= 0.6 is 15.9 Å². The molecule has 4 nitrogen and oxygen atoms in total. The molecular formula is C14H19BrN4. The summed E-state index contributed by atoms with van der Waals surface area (Å²) in [4.78, 5) is 4.58. The molecule has 1 aliphatic rings. The summed E-state index contributed by atoms with van der Waals surface area (Å²) in [5.41, 5.74) is 4.69. The van der Waals surface area contributed by atoms with Gasteiger partial charge < -0.3 is 5.32 Å². The molecule has 0 fully saturated rings. The molecule has 1 aliphatic heterocycles. The van der Waals surface area contributed by atoms with Crippen molar-refractivity contribution in [3.05, 3.63) is 27.6 Å². The number of nitrogens with zero attached hydrogens (tertiary/aromatic N) is 3. The zero-order valence-electron chi connectivity index (χ0n) is 11.4. The second-order valence-corrected chi connectivity index (χ2v) is 5.90. The molecule has 3 heterocycles. The summed E-state index contributed by atoms with van der Waals surface area (Å²) in [5.74, 6) is 0.508. The highest BCUT2D eigenvalue weighted by molar-refractivity contribution is 9.10. The minimum Gasteiger partial charge on any atom is -0.312 e. The Morgan fingerprint density at radius 1 is 1.42 bits per heavy atom. The van der Waals surface area contributed by atoms with E-state index in [0.29, 0.717) is 5.92 Å². The first-order valence-corrected chi connectivity index (χ1v) is 7.81. The summed E-state index contributed by atoms with van der Waals surface area (Å²) in [7, 11) is 0. The summed E-state index contributed by atoms with van der Waals surface area (Å²) >= 11 is 3.70. The molecule has 0 radical (unpaired) electrons. The monoisotopic (exact) mass is 322 g/mol. The van der Waals surface area contributed by atoms with E-state index in [1.165, 1.54) is 11.3 Å². The van der Waals surface area contributed by atoms with E-state index in [2.05, 4.69) is 40.1 Å². The van der Waals surface area contributed by atoms with Crippen LogP contribution in [0.15, 0.2) is 10.7 Å². The molecular weight excluding hydrogens is 304 g/mol. The van der Waals surface area contributed by atoms with Crippen LogP contribution in [0.1, 0.15) is 49.6 Å². The first kappa shape index (κ1) is 13.1. The van der Waals surface area contributed by atoms with Crippen molar-refractivity contribution in [1.29, 1.82) is 0 Å². The summed E-state index contributed by atoms with van der Waals surface area (Å²) in [6.45, 7) is 6.36. The number of fused-ring (bicyclic) bond motifs is 3. The topological polar surface area (TPSA) is 42.2 Å². The van der Waals surface area contributed by atoms with Gasteiger partial charge in [0, 0.05) is 37.2 Å². The van der Waals surface area contributed by atoms with Gasteiger partial charge in [0.05, 0.1) is 15.9 Å². The number of halogens is 1. The van der Waals surface area contributed by atoms with Crippen LogP contribution in [-0.2, 0) is 13.0 Å². The van der Waals surface area contributed by atoms with Crippen LogP contribution in [-0.4, -0.2) is 21.1 Å². The minimum absolute atomic E-state index is 0.508. The first-order chi connectivity index (χ1) is 9.26. The Balaban J connectivity index is 2.19. The predicted molar refractivity (Wildman–Crippen MR) is 79.4 cm³/mol. The zero-order chi connectivity index (χ0) is 13.4. The normalized spacial score (nSPS) is 15.2. The largest absolute Gasteiger partial charge is 0.312 e. The van der Waals surface area contributed by atoms with Crippen LogP contribution in [0.3, 0.4) is 0 Å². The Morgan fingerprint density at radius 3 is 2.95 bits per heavy atom. The molecule has 5 heteroatoms. The van der Waals surface area contributed by atoms with Crippen molar-refractivity contribution in [2.24, 2.45) is 0 Å². The SMILES string of the molecule is CCC(CC)c1nn2c3c(cnc2c1Br)CNCC3. The van der Waals surface area contributed by atoms with Gasteiger partial charge in [-0.2, -0.15) is 5.10 Å². The van der Waals surface area contributed by atoms with Crippen molar-refractivity contribution < 1.29 is 0 Å². The zero-order valence-corrected chi connectivity index (χ0v) is 13.0. The molecule has 2 aromatic heterocycles. The quantitative estimate of drug-likeness (QED) is 0.944. The van der Waals surface area contributed by atoms with Crippen molar-refractivity contribution >= 4 is 21.6 Å². The third-order valence-corrected chi connectivity index (χ3v) is 4.79. The van der Waals surface area contributed by atoms with Gasteiger partial charge in [0.25, 0.3) is 0 Å². The third kappa shape index (κ3) is 2.09. The van der Waals surface area contributed by atoms with Gasteiger partial charge in [-0.1, -0.05) is 13.8 Å². The Hall–Kier alpha value is -0.940. The molecule has 1 N–H and O–H groups in total. The Kier molecular flexibility index (Phi) is 3.58. The summed E-state index contributed by atoms with van der Waals surface area (Å²) in [6, 6.07) is 0. The van der Waals surface area contributed by atoms with E-state index >= 15 is 0 Å². The standard InChI is InChI=1S/C14H19BrN4/c1-3-9(4-2)13-12(15)14-17-8-10-7-16-6-5-11(10)19(14)18-13/h8-9,16H,3-7H2,1-2H3. The molecule has 19 heavy (non-hydrogen) atoms. The molecule has 3 rings (SSSR count). The Morgan fingerprint density at radius 2 is 2.21 bits per heavy atom. The van der Waals surface area contributed by atoms with E-state index in [0.717, 1.165) is 48.2 Å².